The summed E-state index contributed by atoms with van der Waals surface area (Å²) in [5.74, 6) is 0. The minimum atomic E-state index is -0.296. The molecule has 1 N–H and O–H groups in total. The third-order valence-electron chi connectivity index (χ3n) is 5.15. The van der Waals surface area contributed by atoms with Gasteiger partial charge in [0.2, 0.25) is 0 Å². The summed E-state index contributed by atoms with van der Waals surface area (Å²) < 4.78 is 0. The summed E-state index contributed by atoms with van der Waals surface area (Å²) >= 11 is 0. The van der Waals surface area contributed by atoms with Gasteiger partial charge in [-0.15, -0.1) is 0 Å². The highest BCUT2D eigenvalue weighted by Crippen LogP contribution is 2.30. The number of nitrogens with zero attached hydrogens (tertiary/aromatic N) is 3. The van der Waals surface area contributed by atoms with Crippen LogP contribution in [0.1, 0.15) is 52.9 Å². The van der Waals surface area contributed by atoms with Crippen LogP contribution in [0.2, 0.25) is 0 Å². The molecule has 21 heavy (non-hydrogen) atoms. The lowest BCUT2D eigenvalue weighted by molar-refractivity contribution is 0.122. The lowest BCUT2D eigenvalue weighted by Crippen LogP contribution is -2.51. The number of hydrogen-bond acceptors (Lipinski definition) is 4. The molecule has 0 saturated heterocycles. The topological polar surface area (TPSA) is 42.3 Å². The van der Waals surface area contributed by atoms with E-state index < -0.39 is 0 Å². The fourth-order valence-electron chi connectivity index (χ4n) is 3.58. The van der Waals surface area contributed by atoms with Crippen molar-refractivity contribution in [3.05, 3.63) is 0 Å². The van der Waals surface area contributed by atoms with Crippen LogP contribution in [0.4, 0.5) is 0 Å². The molecule has 2 atom stereocenters. The first-order valence-corrected chi connectivity index (χ1v) is 8.71. The minimum absolute atomic E-state index is 0.296. The van der Waals surface area contributed by atoms with Crippen molar-refractivity contribution in [2.24, 2.45) is 0 Å². The summed E-state index contributed by atoms with van der Waals surface area (Å²) in [6.07, 6.45) is 5.59. The van der Waals surface area contributed by atoms with Gasteiger partial charge in [0, 0.05) is 6.04 Å². The molecule has 0 bridgehead atoms. The zero-order valence-corrected chi connectivity index (χ0v) is 14.5. The molecule has 1 rings (SSSR count). The molecule has 4 nitrogen and oxygen atoms in total. The Kier molecular flexibility index (Phi) is 8.24. The van der Waals surface area contributed by atoms with E-state index in [0.29, 0.717) is 6.04 Å². The van der Waals surface area contributed by atoms with E-state index in [-0.39, 0.29) is 5.54 Å². The summed E-state index contributed by atoms with van der Waals surface area (Å²) in [4.78, 5) is 5.08. The lowest BCUT2D eigenvalue weighted by atomic mass is 9.79. The fraction of sp³-hybridized carbons (Fsp3) is 0.941. The van der Waals surface area contributed by atoms with E-state index in [4.69, 9.17) is 0 Å². The molecule has 0 aliphatic heterocycles. The number of nitrogens with one attached hydrogen (secondary N) is 1. The van der Waals surface area contributed by atoms with E-state index in [1.54, 1.807) is 0 Å². The van der Waals surface area contributed by atoms with Crippen LogP contribution in [0.25, 0.3) is 0 Å². The second-order valence-electron chi connectivity index (χ2n) is 6.20. The van der Waals surface area contributed by atoms with Gasteiger partial charge in [-0.3, -0.25) is 0 Å². The van der Waals surface area contributed by atoms with Gasteiger partial charge in [0.1, 0.15) is 5.54 Å². The molecule has 0 aromatic rings. The van der Waals surface area contributed by atoms with Crippen LogP contribution in [0.15, 0.2) is 0 Å². The molecule has 4 heteroatoms. The highest BCUT2D eigenvalue weighted by Gasteiger charge is 2.36. The molecule has 1 fully saturated rings. The van der Waals surface area contributed by atoms with E-state index >= 15 is 0 Å². The normalized spacial score (nSPS) is 26.2. The van der Waals surface area contributed by atoms with E-state index in [1.807, 2.05) is 7.05 Å². The predicted octanol–water partition coefficient (Wildman–Crippen LogP) is 2.46. The van der Waals surface area contributed by atoms with E-state index in [9.17, 15) is 5.26 Å². The minimum Gasteiger partial charge on any atom is -0.304 e. The Morgan fingerprint density at radius 3 is 2.43 bits per heavy atom. The van der Waals surface area contributed by atoms with Crippen molar-refractivity contribution in [2.45, 2.75) is 64.5 Å². The summed E-state index contributed by atoms with van der Waals surface area (Å²) in [5.41, 5.74) is -0.296. The monoisotopic (exact) mass is 294 g/mol. The van der Waals surface area contributed by atoms with Gasteiger partial charge in [0.05, 0.1) is 6.07 Å². The third kappa shape index (κ3) is 5.25. The first-order valence-electron chi connectivity index (χ1n) is 8.71. The van der Waals surface area contributed by atoms with Gasteiger partial charge in [-0.25, -0.2) is 0 Å². The fourth-order valence-corrected chi connectivity index (χ4v) is 3.58. The van der Waals surface area contributed by atoms with Crippen LogP contribution >= 0.6 is 0 Å². The van der Waals surface area contributed by atoms with Crippen LogP contribution in [0, 0.1) is 11.3 Å². The highest BCUT2D eigenvalue weighted by atomic mass is 15.2. The Morgan fingerprint density at radius 1 is 1.19 bits per heavy atom. The molecule has 0 spiro atoms. The second-order valence-corrected chi connectivity index (χ2v) is 6.20. The molecule has 0 radical (unpaired) electrons. The van der Waals surface area contributed by atoms with Crippen LogP contribution in [-0.4, -0.2) is 61.2 Å². The molecular weight excluding hydrogens is 260 g/mol. The Labute approximate surface area is 131 Å². The van der Waals surface area contributed by atoms with Gasteiger partial charge < -0.3 is 15.1 Å². The zero-order valence-electron chi connectivity index (χ0n) is 14.5. The molecule has 0 heterocycles. The molecule has 1 aliphatic carbocycles. The van der Waals surface area contributed by atoms with Gasteiger partial charge >= 0.3 is 0 Å². The van der Waals surface area contributed by atoms with Crippen molar-refractivity contribution >= 4 is 0 Å². The van der Waals surface area contributed by atoms with Crippen LogP contribution in [0.5, 0.6) is 0 Å². The van der Waals surface area contributed by atoms with Gasteiger partial charge in [-0.05, 0) is 71.9 Å². The smallest absolute Gasteiger partial charge is 0.108 e. The van der Waals surface area contributed by atoms with Crippen LogP contribution in [-0.2, 0) is 0 Å². The maximum Gasteiger partial charge on any atom is 0.108 e. The highest BCUT2D eigenvalue weighted by molar-refractivity contribution is 5.10. The van der Waals surface area contributed by atoms with Crippen molar-refractivity contribution in [2.75, 3.05) is 39.8 Å². The maximum atomic E-state index is 9.49. The van der Waals surface area contributed by atoms with Crippen molar-refractivity contribution in [3.63, 3.8) is 0 Å². The average Bonchev–Trinajstić information content (AvgIpc) is 2.55. The average molecular weight is 294 g/mol. The van der Waals surface area contributed by atoms with Gasteiger partial charge in [-0.2, -0.15) is 5.26 Å². The Morgan fingerprint density at radius 2 is 1.90 bits per heavy atom. The standard InChI is InChI=1S/C17H34N4/c1-5-20(6-2)12-9-13-21(7-3)16-10-8-11-17(14-16,15-18)19-4/h16,19H,5-14H2,1-4H3. The number of rotatable bonds is 9. The number of nitriles is 1. The summed E-state index contributed by atoms with van der Waals surface area (Å²) in [7, 11) is 1.93. The van der Waals surface area contributed by atoms with Gasteiger partial charge in [0.15, 0.2) is 0 Å². The summed E-state index contributed by atoms with van der Waals surface area (Å²) in [6, 6.07) is 3.09. The Bertz CT molecular complexity index is 321. The SMILES string of the molecule is CCN(CC)CCCN(CC)C1CCCC(C#N)(NC)C1. The molecular formula is C17H34N4. The summed E-state index contributed by atoms with van der Waals surface area (Å²) in [5, 5.41) is 12.8. The van der Waals surface area contributed by atoms with Crippen molar-refractivity contribution in [3.8, 4) is 6.07 Å². The van der Waals surface area contributed by atoms with E-state index in [2.05, 4.69) is 42.0 Å². The molecule has 0 aromatic heterocycles. The first kappa shape index (κ1) is 18.4. The van der Waals surface area contributed by atoms with Crippen molar-refractivity contribution < 1.29 is 0 Å². The van der Waals surface area contributed by atoms with E-state index in [1.165, 1.54) is 19.4 Å². The van der Waals surface area contributed by atoms with Crippen molar-refractivity contribution in [1.29, 1.82) is 5.26 Å². The molecule has 122 valence electrons. The maximum absolute atomic E-state index is 9.49. The molecule has 2 unspecified atom stereocenters. The van der Waals surface area contributed by atoms with Gasteiger partial charge in [-0.1, -0.05) is 20.8 Å². The quantitative estimate of drug-likeness (QED) is 0.709. The second kappa shape index (κ2) is 9.40. The lowest BCUT2D eigenvalue weighted by Gasteiger charge is -2.41. The Balaban J connectivity index is 2.50. The van der Waals surface area contributed by atoms with Crippen LogP contribution in [0.3, 0.4) is 0 Å². The van der Waals surface area contributed by atoms with Gasteiger partial charge in [0.25, 0.3) is 0 Å². The largest absolute Gasteiger partial charge is 0.304 e. The zero-order chi connectivity index (χ0) is 15.7. The molecule has 0 amide bonds. The Hall–Kier alpha value is -0.630. The molecule has 1 saturated carbocycles. The molecule has 0 aromatic carbocycles. The first-order chi connectivity index (χ1) is 10.1. The van der Waals surface area contributed by atoms with Crippen LogP contribution < -0.4 is 5.32 Å². The predicted molar refractivity (Wildman–Crippen MR) is 89.3 cm³/mol. The number of hydrogen-bond donors (Lipinski definition) is 1. The summed E-state index contributed by atoms with van der Waals surface area (Å²) in [6.45, 7) is 12.4. The van der Waals surface area contributed by atoms with E-state index in [0.717, 1.165) is 45.4 Å². The van der Waals surface area contributed by atoms with Crippen molar-refractivity contribution in [1.82, 2.24) is 15.1 Å². The molecule has 1 aliphatic rings. The third-order valence-corrected chi connectivity index (χ3v) is 5.15.